The lowest BCUT2D eigenvalue weighted by atomic mass is 10.0. The van der Waals surface area contributed by atoms with Gasteiger partial charge in [0.2, 0.25) is 5.75 Å². The highest BCUT2D eigenvalue weighted by atomic mass is 16.5. The lowest BCUT2D eigenvalue weighted by Gasteiger charge is -2.32. The summed E-state index contributed by atoms with van der Waals surface area (Å²) < 4.78 is 17.8. The topological polar surface area (TPSA) is 82.9 Å². The molecule has 1 amide bonds. The van der Waals surface area contributed by atoms with E-state index < -0.39 is 0 Å². The molecule has 0 bridgehead atoms. The highest BCUT2D eigenvalue weighted by Crippen LogP contribution is 2.38. The van der Waals surface area contributed by atoms with Gasteiger partial charge in [-0.1, -0.05) is 6.42 Å². The van der Waals surface area contributed by atoms with Crippen LogP contribution >= 0.6 is 0 Å². The quantitative estimate of drug-likeness (QED) is 0.664. The highest BCUT2D eigenvalue weighted by Gasteiger charge is 2.28. The number of ether oxygens (including phenoxy) is 3. The van der Waals surface area contributed by atoms with Crippen LogP contribution in [0.15, 0.2) is 23.0 Å². The minimum atomic E-state index is -0.0927. The molecule has 0 atom stereocenters. The second kappa shape index (κ2) is 9.63. The predicted molar refractivity (Wildman–Crippen MR) is 120 cm³/mol. The van der Waals surface area contributed by atoms with Gasteiger partial charge in [-0.05, 0) is 56.2 Å². The minimum absolute atomic E-state index is 0.0139. The average molecular weight is 442 g/mol. The number of aromatic nitrogens is 2. The van der Waals surface area contributed by atoms with E-state index >= 15 is 0 Å². The fourth-order valence-corrected chi connectivity index (χ4v) is 4.72. The number of rotatable bonds is 5. The van der Waals surface area contributed by atoms with Crippen molar-refractivity contribution in [3.8, 4) is 17.2 Å². The number of nitrogens with zero attached hydrogens (tertiary/aromatic N) is 3. The molecule has 1 aliphatic heterocycles. The molecule has 0 radical (unpaired) electrons. The number of carbonyl (C=O) groups is 1. The fourth-order valence-electron chi connectivity index (χ4n) is 4.72. The van der Waals surface area contributed by atoms with Gasteiger partial charge in [-0.3, -0.25) is 9.59 Å². The SMILES string of the molecule is COc1cc(C(=O)N2CCC(n3nc4c(cc3=O)CCCCC4)CC2)cc(OC)c1OC. The van der Waals surface area contributed by atoms with Crippen molar-refractivity contribution in [2.24, 2.45) is 0 Å². The van der Waals surface area contributed by atoms with Gasteiger partial charge in [0.1, 0.15) is 0 Å². The zero-order valence-electron chi connectivity index (χ0n) is 19.1. The first kappa shape index (κ1) is 22.2. The molecule has 32 heavy (non-hydrogen) atoms. The molecule has 2 aromatic rings. The highest BCUT2D eigenvalue weighted by molar-refractivity contribution is 5.95. The van der Waals surface area contributed by atoms with E-state index in [2.05, 4.69) is 0 Å². The molecule has 2 aliphatic rings. The number of hydrogen-bond donors (Lipinski definition) is 0. The van der Waals surface area contributed by atoms with Crippen LogP contribution in [0.2, 0.25) is 0 Å². The van der Waals surface area contributed by atoms with Crippen LogP contribution in [0.1, 0.15) is 59.8 Å². The molecule has 8 heteroatoms. The minimum Gasteiger partial charge on any atom is -0.493 e. The monoisotopic (exact) mass is 441 g/mol. The summed E-state index contributed by atoms with van der Waals surface area (Å²) >= 11 is 0. The van der Waals surface area contributed by atoms with Crippen molar-refractivity contribution in [2.75, 3.05) is 34.4 Å². The summed E-state index contributed by atoms with van der Waals surface area (Å²) in [4.78, 5) is 27.7. The van der Waals surface area contributed by atoms with E-state index in [-0.39, 0.29) is 17.5 Å². The standard InChI is InChI=1S/C24H31N3O5/c1-30-20-13-17(14-21(31-2)23(20)32-3)24(29)26-11-9-18(10-12-26)27-22(28)15-16-7-5-4-6-8-19(16)25-27/h13-15,18H,4-12H2,1-3H3. The third kappa shape index (κ3) is 4.31. The van der Waals surface area contributed by atoms with Crippen molar-refractivity contribution in [3.63, 3.8) is 0 Å². The number of likely N-dealkylation sites (tertiary alicyclic amines) is 1. The van der Waals surface area contributed by atoms with Crippen LogP contribution in [0.5, 0.6) is 17.2 Å². The van der Waals surface area contributed by atoms with E-state index in [1.807, 2.05) is 4.90 Å². The Morgan fingerprint density at radius 3 is 2.22 bits per heavy atom. The molecule has 0 N–H and O–H groups in total. The van der Waals surface area contributed by atoms with Gasteiger partial charge in [0, 0.05) is 24.7 Å². The van der Waals surface area contributed by atoms with E-state index in [1.54, 1.807) is 22.9 Å². The summed E-state index contributed by atoms with van der Waals surface area (Å²) in [7, 11) is 4.59. The van der Waals surface area contributed by atoms with Crippen molar-refractivity contribution in [1.82, 2.24) is 14.7 Å². The first-order valence-electron chi connectivity index (χ1n) is 11.3. The third-order valence-electron chi connectivity index (χ3n) is 6.49. The predicted octanol–water partition coefficient (Wildman–Crippen LogP) is 3.02. The average Bonchev–Trinajstić information content (AvgIpc) is 3.07. The largest absolute Gasteiger partial charge is 0.493 e. The van der Waals surface area contributed by atoms with Gasteiger partial charge in [-0.2, -0.15) is 5.10 Å². The molecule has 1 aromatic heterocycles. The van der Waals surface area contributed by atoms with Crippen LogP contribution in [0.25, 0.3) is 0 Å². The number of methoxy groups -OCH3 is 3. The van der Waals surface area contributed by atoms with Crippen molar-refractivity contribution in [3.05, 3.63) is 45.4 Å². The fraction of sp³-hybridized carbons (Fsp3) is 0.542. The number of amides is 1. The molecule has 0 saturated carbocycles. The lowest BCUT2D eigenvalue weighted by molar-refractivity contribution is 0.0686. The molecule has 0 unspecified atom stereocenters. The van der Waals surface area contributed by atoms with E-state index in [0.717, 1.165) is 36.9 Å². The first-order valence-corrected chi connectivity index (χ1v) is 11.3. The van der Waals surface area contributed by atoms with Crippen LogP contribution in [0.4, 0.5) is 0 Å². The second-order valence-electron chi connectivity index (χ2n) is 8.40. The molecular weight excluding hydrogens is 410 g/mol. The smallest absolute Gasteiger partial charge is 0.267 e. The van der Waals surface area contributed by atoms with E-state index in [0.29, 0.717) is 48.7 Å². The van der Waals surface area contributed by atoms with Gasteiger partial charge in [-0.15, -0.1) is 0 Å². The Hall–Kier alpha value is -3.03. The van der Waals surface area contributed by atoms with Crippen LogP contribution in [0, 0.1) is 0 Å². The zero-order chi connectivity index (χ0) is 22.7. The Morgan fingerprint density at radius 1 is 0.938 bits per heavy atom. The molecule has 1 fully saturated rings. The van der Waals surface area contributed by atoms with Crippen molar-refractivity contribution >= 4 is 5.91 Å². The number of hydrogen-bond acceptors (Lipinski definition) is 6. The van der Waals surface area contributed by atoms with Gasteiger partial charge < -0.3 is 19.1 Å². The number of benzene rings is 1. The molecule has 1 aliphatic carbocycles. The number of aryl methyl sites for hydroxylation is 2. The molecule has 172 valence electrons. The Kier molecular flexibility index (Phi) is 6.67. The molecule has 2 heterocycles. The summed E-state index contributed by atoms with van der Waals surface area (Å²) in [5, 5.41) is 4.74. The number of piperidine rings is 1. The third-order valence-corrected chi connectivity index (χ3v) is 6.49. The maximum Gasteiger partial charge on any atom is 0.267 e. The maximum absolute atomic E-state index is 13.2. The molecule has 8 nitrogen and oxygen atoms in total. The molecule has 4 rings (SSSR count). The number of carbonyl (C=O) groups excluding carboxylic acids is 1. The van der Waals surface area contributed by atoms with Gasteiger partial charge >= 0.3 is 0 Å². The normalized spacial score (nSPS) is 16.8. The summed E-state index contributed by atoms with van der Waals surface area (Å²) in [5.41, 5.74) is 2.63. The van der Waals surface area contributed by atoms with Crippen molar-refractivity contribution in [2.45, 2.75) is 51.0 Å². The molecule has 0 spiro atoms. The van der Waals surface area contributed by atoms with E-state index in [4.69, 9.17) is 19.3 Å². The number of fused-ring (bicyclic) bond motifs is 1. The summed E-state index contributed by atoms with van der Waals surface area (Å²) in [6, 6.07) is 5.14. The summed E-state index contributed by atoms with van der Waals surface area (Å²) in [6.45, 7) is 1.12. The van der Waals surface area contributed by atoms with E-state index in [1.165, 1.54) is 27.8 Å². The van der Waals surface area contributed by atoms with Crippen molar-refractivity contribution < 1.29 is 19.0 Å². The van der Waals surface area contributed by atoms with Crippen LogP contribution in [-0.4, -0.2) is 55.0 Å². The maximum atomic E-state index is 13.2. The Morgan fingerprint density at radius 2 is 1.59 bits per heavy atom. The van der Waals surface area contributed by atoms with Crippen LogP contribution in [-0.2, 0) is 12.8 Å². The molecule has 1 aromatic carbocycles. The first-order chi connectivity index (χ1) is 15.5. The van der Waals surface area contributed by atoms with Gasteiger partial charge in [0.05, 0.1) is 33.1 Å². The Labute approximate surface area is 188 Å². The zero-order valence-corrected chi connectivity index (χ0v) is 19.1. The van der Waals surface area contributed by atoms with Crippen LogP contribution < -0.4 is 19.8 Å². The lowest BCUT2D eigenvalue weighted by Crippen LogP contribution is -2.41. The van der Waals surface area contributed by atoms with Gasteiger partial charge in [0.15, 0.2) is 11.5 Å². The molecule has 1 saturated heterocycles. The summed E-state index contributed by atoms with van der Waals surface area (Å²) in [5.74, 6) is 1.26. The van der Waals surface area contributed by atoms with Gasteiger partial charge in [0.25, 0.3) is 11.5 Å². The van der Waals surface area contributed by atoms with Crippen molar-refractivity contribution in [1.29, 1.82) is 0 Å². The molecular formula is C24H31N3O5. The van der Waals surface area contributed by atoms with E-state index in [9.17, 15) is 9.59 Å². The second-order valence-corrected chi connectivity index (χ2v) is 8.40. The Balaban J connectivity index is 1.49. The van der Waals surface area contributed by atoms with Gasteiger partial charge in [-0.25, -0.2) is 4.68 Å². The summed E-state index contributed by atoms with van der Waals surface area (Å²) in [6.07, 6.45) is 6.71. The van der Waals surface area contributed by atoms with Crippen LogP contribution in [0.3, 0.4) is 0 Å². The Bertz CT molecular complexity index is 1020.